The van der Waals surface area contributed by atoms with E-state index in [-0.39, 0.29) is 12.1 Å². The number of nitrogens with one attached hydrogen (secondary N) is 1. The molecule has 0 aromatic carbocycles. The summed E-state index contributed by atoms with van der Waals surface area (Å²) in [6.07, 6.45) is 6.68. The van der Waals surface area contributed by atoms with Crippen molar-refractivity contribution in [1.82, 2.24) is 5.32 Å². The Morgan fingerprint density at radius 2 is 2.07 bits per heavy atom. The van der Waals surface area contributed by atoms with E-state index < -0.39 is 0 Å². The Morgan fingerprint density at radius 3 is 2.60 bits per heavy atom. The summed E-state index contributed by atoms with van der Waals surface area (Å²) in [4.78, 5) is 0. The lowest BCUT2D eigenvalue weighted by Crippen LogP contribution is -2.48. The molecule has 2 nitrogen and oxygen atoms in total. The van der Waals surface area contributed by atoms with Gasteiger partial charge in [0.05, 0.1) is 6.61 Å². The summed E-state index contributed by atoms with van der Waals surface area (Å²) in [6.45, 7) is 5.54. The summed E-state index contributed by atoms with van der Waals surface area (Å²) in [6, 6.07) is 0. The van der Waals surface area contributed by atoms with E-state index in [0.717, 1.165) is 24.0 Å². The first kappa shape index (κ1) is 13.3. The fraction of sp³-hybridized carbons (Fsp3) is 1.00. The van der Waals surface area contributed by atoms with Crippen LogP contribution in [0.25, 0.3) is 0 Å². The van der Waals surface area contributed by atoms with Crippen molar-refractivity contribution in [3.05, 3.63) is 0 Å². The molecule has 0 aliphatic heterocycles. The van der Waals surface area contributed by atoms with Gasteiger partial charge in [-0.05, 0) is 32.7 Å². The van der Waals surface area contributed by atoms with Gasteiger partial charge in [0.1, 0.15) is 0 Å². The summed E-state index contributed by atoms with van der Waals surface area (Å²) < 4.78 is 0. The van der Waals surface area contributed by atoms with E-state index in [1.807, 2.05) is 11.8 Å². The normalized spacial score (nSPS) is 21.8. The summed E-state index contributed by atoms with van der Waals surface area (Å²) in [5, 5.41) is 13.7. The van der Waals surface area contributed by atoms with Crippen molar-refractivity contribution in [2.75, 3.05) is 18.9 Å². The van der Waals surface area contributed by atoms with E-state index in [2.05, 4.69) is 19.2 Å². The molecule has 1 saturated carbocycles. The van der Waals surface area contributed by atoms with Gasteiger partial charge in [-0.25, -0.2) is 0 Å². The zero-order valence-corrected chi connectivity index (χ0v) is 10.9. The molecule has 15 heavy (non-hydrogen) atoms. The maximum absolute atomic E-state index is 9.41. The van der Waals surface area contributed by atoms with Crippen molar-refractivity contribution in [1.29, 1.82) is 0 Å². The topological polar surface area (TPSA) is 32.3 Å². The van der Waals surface area contributed by atoms with Gasteiger partial charge in [0.15, 0.2) is 0 Å². The van der Waals surface area contributed by atoms with E-state index in [1.54, 1.807) is 0 Å². The van der Waals surface area contributed by atoms with Crippen LogP contribution in [0, 0.1) is 0 Å². The second kappa shape index (κ2) is 6.77. The minimum absolute atomic E-state index is 0.0801. The van der Waals surface area contributed by atoms with Crippen molar-refractivity contribution < 1.29 is 5.11 Å². The van der Waals surface area contributed by atoms with Crippen molar-refractivity contribution in [3.8, 4) is 0 Å². The molecule has 1 aliphatic carbocycles. The van der Waals surface area contributed by atoms with Crippen molar-refractivity contribution >= 4 is 11.8 Å². The second-order valence-corrected chi connectivity index (χ2v) is 6.15. The Hall–Kier alpha value is 0.270. The van der Waals surface area contributed by atoms with E-state index in [1.165, 1.54) is 25.7 Å². The predicted molar refractivity (Wildman–Crippen MR) is 68.5 cm³/mol. The van der Waals surface area contributed by atoms with Crippen LogP contribution in [-0.4, -0.2) is 34.8 Å². The molecule has 0 bridgehead atoms. The molecule has 1 fully saturated rings. The van der Waals surface area contributed by atoms with Crippen LogP contribution in [0.1, 0.15) is 46.0 Å². The fourth-order valence-corrected chi connectivity index (χ4v) is 3.40. The van der Waals surface area contributed by atoms with E-state index >= 15 is 0 Å². The standard InChI is InChI=1S/C12H25NOS/c1-3-8-13-12(2,9-14)10-15-11-6-4-5-7-11/h11,13-14H,3-10H2,1-2H3. The highest BCUT2D eigenvalue weighted by molar-refractivity contribution is 8.00. The van der Waals surface area contributed by atoms with Crippen LogP contribution in [0.4, 0.5) is 0 Å². The molecule has 0 heterocycles. The second-order valence-electron chi connectivity index (χ2n) is 4.86. The smallest absolute Gasteiger partial charge is 0.0618 e. The number of rotatable bonds is 7. The van der Waals surface area contributed by atoms with Crippen molar-refractivity contribution in [3.63, 3.8) is 0 Å². The van der Waals surface area contributed by atoms with E-state index in [4.69, 9.17) is 0 Å². The molecule has 0 radical (unpaired) electrons. The molecule has 1 unspecified atom stereocenters. The first-order valence-corrected chi connectivity index (χ1v) is 7.22. The fourth-order valence-electron chi connectivity index (χ4n) is 1.94. The molecular formula is C12H25NOS. The Kier molecular flexibility index (Phi) is 6.02. The highest BCUT2D eigenvalue weighted by Gasteiger charge is 2.25. The zero-order valence-electron chi connectivity index (χ0n) is 10.1. The average Bonchev–Trinajstić information content (AvgIpc) is 2.76. The Bertz CT molecular complexity index is 171. The van der Waals surface area contributed by atoms with Crippen LogP contribution in [-0.2, 0) is 0 Å². The third-order valence-electron chi connectivity index (χ3n) is 3.09. The van der Waals surface area contributed by atoms with Gasteiger partial charge < -0.3 is 10.4 Å². The third-order valence-corrected chi connectivity index (χ3v) is 4.84. The molecule has 0 amide bonds. The van der Waals surface area contributed by atoms with E-state index in [9.17, 15) is 5.11 Å². The molecule has 1 atom stereocenters. The van der Waals surface area contributed by atoms with Gasteiger partial charge in [0.25, 0.3) is 0 Å². The highest BCUT2D eigenvalue weighted by atomic mass is 32.2. The Balaban J connectivity index is 2.24. The number of hydrogen-bond donors (Lipinski definition) is 2. The quantitative estimate of drug-likeness (QED) is 0.706. The summed E-state index contributed by atoms with van der Waals surface area (Å²) >= 11 is 2.04. The summed E-state index contributed by atoms with van der Waals surface area (Å²) in [5.74, 6) is 1.04. The van der Waals surface area contributed by atoms with E-state index in [0.29, 0.717) is 0 Å². The number of aliphatic hydroxyl groups is 1. The van der Waals surface area contributed by atoms with Crippen LogP contribution in [0.2, 0.25) is 0 Å². The van der Waals surface area contributed by atoms with Gasteiger partial charge in [-0.2, -0.15) is 11.8 Å². The number of hydrogen-bond acceptors (Lipinski definition) is 3. The molecular weight excluding hydrogens is 206 g/mol. The lowest BCUT2D eigenvalue weighted by atomic mass is 10.1. The molecule has 0 spiro atoms. The van der Waals surface area contributed by atoms with Gasteiger partial charge in [-0.15, -0.1) is 0 Å². The van der Waals surface area contributed by atoms with Crippen LogP contribution in [0.5, 0.6) is 0 Å². The first-order chi connectivity index (χ1) is 7.20. The van der Waals surface area contributed by atoms with Crippen LogP contribution in [0.15, 0.2) is 0 Å². The van der Waals surface area contributed by atoms with Gasteiger partial charge in [0, 0.05) is 16.5 Å². The summed E-state index contributed by atoms with van der Waals surface area (Å²) in [7, 11) is 0. The highest BCUT2D eigenvalue weighted by Crippen LogP contribution is 2.31. The molecule has 0 aromatic rings. The Labute approximate surface area is 98.2 Å². The zero-order chi connectivity index (χ0) is 11.1. The number of aliphatic hydroxyl groups excluding tert-OH is 1. The largest absolute Gasteiger partial charge is 0.394 e. The molecule has 90 valence electrons. The van der Waals surface area contributed by atoms with Crippen LogP contribution >= 0.6 is 11.8 Å². The van der Waals surface area contributed by atoms with Crippen LogP contribution in [0.3, 0.4) is 0 Å². The summed E-state index contributed by atoms with van der Waals surface area (Å²) in [5.41, 5.74) is -0.0801. The Morgan fingerprint density at radius 1 is 1.40 bits per heavy atom. The molecule has 0 aromatic heterocycles. The predicted octanol–water partition coefficient (Wildman–Crippen LogP) is 2.41. The maximum Gasteiger partial charge on any atom is 0.0618 e. The molecule has 1 aliphatic rings. The average molecular weight is 231 g/mol. The first-order valence-electron chi connectivity index (χ1n) is 6.17. The molecule has 1 rings (SSSR count). The minimum atomic E-state index is -0.0801. The van der Waals surface area contributed by atoms with Crippen LogP contribution < -0.4 is 5.32 Å². The minimum Gasteiger partial charge on any atom is -0.394 e. The van der Waals surface area contributed by atoms with Gasteiger partial charge in [-0.1, -0.05) is 19.8 Å². The van der Waals surface area contributed by atoms with Gasteiger partial charge >= 0.3 is 0 Å². The molecule has 2 N–H and O–H groups in total. The lowest BCUT2D eigenvalue weighted by molar-refractivity contribution is 0.192. The maximum atomic E-state index is 9.41. The van der Waals surface area contributed by atoms with Gasteiger partial charge in [0.2, 0.25) is 0 Å². The number of thioether (sulfide) groups is 1. The van der Waals surface area contributed by atoms with Gasteiger partial charge in [-0.3, -0.25) is 0 Å². The third kappa shape index (κ3) is 4.75. The molecule has 3 heteroatoms. The lowest BCUT2D eigenvalue weighted by Gasteiger charge is -2.29. The SMILES string of the molecule is CCCNC(C)(CO)CSC1CCCC1. The van der Waals surface area contributed by atoms with Crippen molar-refractivity contribution in [2.45, 2.75) is 56.7 Å². The van der Waals surface area contributed by atoms with Crippen molar-refractivity contribution in [2.24, 2.45) is 0 Å². The monoisotopic (exact) mass is 231 g/mol. The molecule has 0 saturated heterocycles.